The van der Waals surface area contributed by atoms with E-state index >= 15 is 0 Å². The summed E-state index contributed by atoms with van der Waals surface area (Å²) < 4.78 is 32.0. The molecule has 1 aromatic heterocycles. The van der Waals surface area contributed by atoms with E-state index in [4.69, 9.17) is 4.74 Å². The number of non-ortho nitro benzene ring substituents is 1. The largest absolute Gasteiger partial charge is 0.484 e. The Bertz CT molecular complexity index is 1070. The lowest BCUT2D eigenvalue weighted by atomic mass is 10.3. The van der Waals surface area contributed by atoms with Crippen molar-refractivity contribution in [1.29, 1.82) is 0 Å². The summed E-state index contributed by atoms with van der Waals surface area (Å²) in [5, 5.41) is 10.6. The number of aromatic amines is 1. The zero-order chi connectivity index (χ0) is 21.2. The van der Waals surface area contributed by atoms with Crippen molar-refractivity contribution < 1.29 is 22.9 Å². The molecule has 13 heteroatoms. The lowest BCUT2D eigenvalue weighted by Crippen LogP contribution is -2.51. The van der Waals surface area contributed by atoms with E-state index in [2.05, 4.69) is 4.98 Å². The van der Waals surface area contributed by atoms with Gasteiger partial charge in [-0.3, -0.25) is 19.7 Å². The number of ether oxygens (including phenoxy) is 1. The molecule has 0 radical (unpaired) electrons. The van der Waals surface area contributed by atoms with Crippen molar-refractivity contribution in [2.24, 2.45) is 0 Å². The van der Waals surface area contributed by atoms with Crippen LogP contribution in [0.5, 0.6) is 5.75 Å². The molecule has 1 N–H and O–H groups in total. The Labute approximate surface area is 169 Å². The van der Waals surface area contributed by atoms with Crippen LogP contribution in [0.1, 0.15) is 5.69 Å². The van der Waals surface area contributed by atoms with E-state index in [1.165, 1.54) is 40.4 Å². The Morgan fingerprint density at radius 3 is 2.38 bits per heavy atom. The number of aryl methyl sites for hydroxylation is 1. The van der Waals surface area contributed by atoms with Gasteiger partial charge in [0.1, 0.15) is 5.75 Å². The highest BCUT2D eigenvalue weighted by Crippen LogP contribution is 2.22. The number of hydrogen-bond acceptors (Lipinski definition) is 8. The van der Waals surface area contributed by atoms with Gasteiger partial charge in [0.25, 0.3) is 21.6 Å². The van der Waals surface area contributed by atoms with Gasteiger partial charge in [0, 0.05) is 44.0 Å². The molecule has 1 saturated heterocycles. The van der Waals surface area contributed by atoms with Gasteiger partial charge in [-0.15, -0.1) is 0 Å². The molecule has 11 nitrogen and oxygen atoms in total. The summed E-state index contributed by atoms with van der Waals surface area (Å²) in [6.07, 6.45) is 0. The van der Waals surface area contributed by atoms with Crippen molar-refractivity contribution in [3.8, 4) is 5.75 Å². The van der Waals surface area contributed by atoms with Crippen LogP contribution in [0, 0.1) is 17.0 Å². The number of amides is 1. The number of nitro groups is 1. The molecule has 2 heterocycles. The Balaban J connectivity index is 1.54. The summed E-state index contributed by atoms with van der Waals surface area (Å²) in [4.78, 5) is 37.3. The van der Waals surface area contributed by atoms with E-state index in [1.807, 2.05) is 0 Å². The number of aromatic nitrogens is 1. The van der Waals surface area contributed by atoms with Crippen LogP contribution in [-0.2, 0) is 14.8 Å². The molecule has 156 valence electrons. The number of carbonyl (C=O) groups excluding carboxylic acids is 1. The van der Waals surface area contributed by atoms with Crippen LogP contribution in [0.25, 0.3) is 0 Å². The second-order valence-electron chi connectivity index (χ2n) is 6.25. The topological polar surface area (TPSA) is 143 Å². The minimum atomic E-state index is -3.79. The molecule has 1 amide bonds. The molecule has 2 aromatic rings. The molecule has 0 spiro atoms. The first-order valence-corrected chi connectivity index (χ1v) is 10.8. The van der Waals surface area contributed by atoms with Gasteiger partial charge in [-0.2, -0.15) is 4.31 Å². The van der Waals surface area contributed by atoms with Crippen LogP contribution >= 0.6 is 11.3 Å². The standard InChI is InChI=1S/C16H18N4O7S2/c1-11-15(28-16(22)17-11)29(25,26)19-8-6-18(7-9-19)14(21)10-27-13-4-2-12(3-5-13)20(23)24/h2-5H,6-10H2,1H3,(H,17,22). The van der Waals surface area contributed by atoms with Gasteiger partial charge in [-0.05, 0) is 19.1 Å². The number of rotatable bonds is 6. The number of thiazole rings is 1. The Morgan fingerprint density at radius 2 is 1.86 bits per heavy atom. The molecule has 29 heavy (non-hydrogen) atoms. The first-order valence-electron chi connectivity index (χ1n) is 8.53. The van der Waals surface area contributed by atoms with E-state index in [-0.39, 0.29) is 48.6 Å². The summed E-state index contributed by atoms with van der Waals surface area (Å²) in [6, 6.07) is 5.36. The van der Waals surface area contributed by atoms with Crippen LogP contribution in [-0.4, -0.2) is 66.2 Å². The molecule has 3 rings (SSSR count). The maximum absolute atomic E-state index is 12.7. The summed E-state index contributed by atoms with van der Waals surface area (Å²) in [5.74, 6) is 0.00545. The van der Waals surface area contributed by atoms with Crippen molar-refractivity contribution in [2.45, 2.75) is 11.1 Å². The van der Waals surface area contributed by atoms with E-state index in [0.29, 0.717) is 22.8 Å². The summed E-state index contributed by atoms with van der Waals surface area (Å²) in [7, 11) is -3.79. The molecule has 0 bridgehead atoms. The van der Waals surface area contributed by atoms with E-state index in [1.54, 1.807) is 0 Å². The molecule has 0 aliphatic carbocycles. The lowest BCUT2D eigenvalue weighted by Gasteiger charge is -2.33. The quantitative estimate of drug-likeness (QED) is 0.509. The summed E-state index contributed by atoms with van der Waals surface area (Å²) in [5.41, 5.74) is 0.221. The first-order chi connectivity index (χ1) is 13.7. The normalized spacial score (nSPS) is 15.3. The van der Waals surface area contributed by atoms with E-state index in [0.717, 1.165) is 0 Å². The van der Waals surface area contributed by atoms with E-state index in [9.17, 15) is 28.1 Å². The van der Waals surface area contributed by atoms with Gasteiger partial charge < -0.3 is 14.6 Å². The number of carbonyl (C=O) groups is 1. The average Bonchev–Trinajstić information content (AvgIpc) is 3.05. The third-order valence-electron chi connectivity index (χ3n) is 4.36. The number of piperazine rings is 1. The van der Waals surface area contributed by atoms with Crippen molar-refractivity contribution in [3.63, 3.8) is 0 Å². The molecule has 1 fully saturated rings. The SMILES string of the molecule is Cc1[nH]c(=O)sc1S(=O)(=O)N1CCN(C(=O)COc2ccc([N+](=O)[O-])cc2)CC1. The number of nitrogens with zero attached hydrogens (tertiary/aromatic N) is 3. The predicted molar refractivity (Wildman–Crippen MR) is 104 cm³/mol. The molecular weight excluding hydrogens is 424 g/mol. The van der Waals surface area contributed by atoms with Crippen LogP contribution in [0.15, 0.2) is 33.3 Å². The van der Waals surface area contributed by atoms with Gasteiger partial charge in [0.05, 0.1) is 4.92 Å². The third-order valence-corrected chi connectivity index (χ3v) is 7.84. The molecule has 0 atom stereocenters. The van der Waals surface area contributed by atoms with Gasteiger partial charge in [0.2, 0.25) is 0 Å². The second-order valence-corrected chi connectivity index (χ2v) is 9.37. The van der Waals surface area contributed by atoms with Crippen molar-refractivity contribution in [3.05, 3.63) is 49.7 Å². The second kappa shape index (κ2) is 8.31. The van der Waals surface area contributed by atoms with Crippen LogP contribution in [0.2, 0.25) is 0 Å². The fourth-order valence-electron chi connectivity index (χ4n) is 2.83. The summed E-state index contributed by atoms with van der Waals surface area (Å²) in [6.45, 7) is 1.87. The lowest BCUT2D eigenvalue weighted by molar-refractivity contribution is -0.384. The van der Waals surface area contributed by atoms with Gasteiger partial charge in [0.15, 0.2) is 10.8 Å². The number of hydrogen-bond donors (Lipinski definition) is 1. The van der Waals surface area contributed by atoms with Crippen molar-refractivity contribution >= 4 is 33.0 Å². The highest BCUT2D eigenvalue weighted by Gasteiger charge is 2.32. The minimum absolute atomic E-state index is 0.0104. The molecule has 0 unspecified atom stereocenters. The number of sulfonamides is 1. The molecule has 1 aliphatic rings. The summed E-state index contributed by atoms with van der Waals surface area (Å²) >= 11 is 0.647. The maximum atomic E-state index is 12.7. The molecular formula is C16H18N4O7S2. The maximum Gasteiger partial charge on any atom is 0.305 e. The van der Waals surface area contributed by atoms with Crippen LogP contribution in [0.4, 0.5) is 5.69 Å². The van der Waals surface area contributed by atoms with Crippen molar-refractivity contribution in [1.82, 2.24) is 14.2 Å². The van der Waals surface area contributed by atoms with Crippen LogP contribution in [0.3, 0.4) is 0 Å². The van der Waals surface area contributed by atoms with Gasteiger partial charge >= 0.3 is 4.87 Å². The zero-order valence-corrected chi connectivity index (χ0v) is 17.0. The highest BCUT2D eigenvalue weighted by molar-refractivity contribution is 7.91. The van der Waals surface area contributed by atoms with Crippen LogP contribution < -0.4 is 9.61 Å². The fraction of sp³-hybridized carbons (Fsp3) is 0.375. The average molecular weight is 442 g/mol. The molecule has 1 aromatic carbocycles. The number of nitro benzene ring substituents is 1. The van der Waals surface area contributed by atoms with E-state index < -0.39 is 19.8 Å². The van der Waals surface area contributed by atoms with Gasteiger partial charge in [-0.1, -0.05) is 11.3 Å². The first kappa shape index (κ1) is 21.0. The number of nitrogens with one attached hydrogen (secondary N) is 1. The highest BCUT2D eigenvalue weighted by atomic mass is 32.2. The number of benzene rings is 1. The minimum Gasteiger partial charge on any atom is -0.484 e. The zero-order valence-electron chi connectivity index (χ0n) is 15.4. The fourth-order valence-corrected chi connectivity index (χ4v) is 5.69. The van der Waals surface area contributed by atoms with Gasteiger partial charge in [-0.25, -0.2) is 8.42 Å². The Morgan fingerprint density at radius 1 is 1.24 bits per heavy atom. The molecule has 0 saturated carbocycles. The molecule has 1 aliphatic heterocycles. The smallest absolute Gasteiger partial charge is 0.305 e. The van der Waals surface area contributed by atoms with Crippen molar-refractivity contribution in [2.75, 3.05) is 32.8 Å². The number of H-pyrrole nitrogens is 1. The predicted octanol–water partition coefficient (Wildman–Crippen LogP) is 0.565. The third kappa shape index (κ3) is 4.63. The Hall–Kier alpha value is -2.77. The Kier molecular flexibility index (Phi) is 6.00. The monoisotopic (exact) mass is 442 g/mol.